The Morgan fingerprint density at radius 2 is 1.35 bits per heavy atom. The van der Waals surface area contributed by atoms with E-state index >= 15 is 0 Å². The quantitative estimate of drug-likeness (QED) is 0.288. The maximum absolute atomic E-state index is 11.4. The van der Waals surface area contributed by atoms with Gasteiger partial charge in [0.05, 0.1) is 13.2 Å². The van der Waals surface area contributed by atoms with E-state index in [1.165, 1.54) is 0 Å². The van der Waals surface area contributed by atoms with Crippen LogP contribution in [0.25, 0.3) is 0 Å². The molecule has 0 spiro atoms. The number of nitrogens with one attached hydrogen (secondary N) is 6. The molecule has 0 fully saturated rings. The van der Waals surface area contributed by atoms with Crippen LogP contribution in [0.1, 0.15) is 0 Å². The summed E-state index contributed by atoms with van der Waals surface area (Å²) in [4.78, 5) is 22.7. The van der Waals surface area contributed by atoms with Crippen LogP contribution in [0, 0.1) is 0 Å². The van der Waals surface area contributed by atoms with Crippen molar-refractivity contribution in [2.45, 2.75) is 0 Å². The average molecular weight is 326 g/mol. The summed E-state index contributed by atoms with van der Waals surface area (Å²) in [5.41, 5.74) is 0. The van der Waals surface area contributed by atoms with E-state index in [1.54, 1.807) is 0 Å². The summed E-state index contributed by atoms with van der Waals surface area (Å²) in [6.45, 7) is 1.11. The molecule has 2 aromatic heterocycles. The summed E-state index contributed by atoms with van der Waals surface area (Å²) in [6, 6.07) is -0.935. The number of aromatic amines is 2. The Kier molecular flexibility index (Phi) is 6.14. The molecular formula is C8H14N12O3. The fraction of sp³-hybridized carbons (Fsp3) is 0.500. The molecule has 0 saturated carbocycles. The number of anilines is 2. The molecule has 0 bridgehead atoms. The lowest BCUT2D eigenvalue weighted by atomic mass is 10.6. The number of amides is 4. The van der Waals surface area contributed by atoms with Gasteiger partial charge in [0, 0.05) is 13.1 Å². The number of nitrogens with zero attached hydrogens (tertiary/aromatic N) is 6. The second-order valence-electron chi connectivity index (χ2n) is 3.87. The van der Waals surface area contributed by atoms with Gasteiger partial charge in [-0.1, -0.05) is 10.2 Å². The molecule has 0 aliphatic heterocycles. The van der Waals surface area contributed by atoms with Crippen LogP contribution in [0.5, 0.6) is 0 Å². The van der Waals surface area contributed by atoms with E-state index in [2.05, 4.69) is 62.5 Å². The summed E-state index contributed by atoms with van der Waals surface area (Å²) in [5, 5.41) is 34.8. The van der Waals surface area contributed by atoms with E-state index in [4.69, 9.17) is 4.74 Å². The lowest BCUT2D eigenvalue weighted by Gasteiger charge is -2.07. The Balaban J connectivity index is 1.43. The van der Waals surface area contributed by atoms with Gasteiger partial charge in [0.25, 0.3) is 0 Å². The van der Waals surface area contributed by atoms with E-state index in [-0.39, 0.29) is 38.2 Å². The maximum Gasteiger partial charge on any atom is 0.321 e. The Labute approximate surface area is 128 Å². The predicted octanol–water partition coefficient (Wildman–Crippen LogP) is -2.33. The Hall–Kier alpha value is -3.36. The molecule has 0 aliphatic carbocycles. The number of aromatic nitrogens is 8. The highest BCUT2D eigenvalue weighted by atomic mass is 16.5. The summed E-state index contributed by atoms with van der Waals surface area (Å²) < 4.78 is 5.22. The third-order valence-corrected chi connectivity index (χ3v) is 2.22. The van der Waals surface area contributed by atoms with Gasteiger partial charge >= 0.3 is 12.1 Å². The van der Waals surface area contributed by atoms with Crippen molar-refractivity contribution in [2.75, 3.05) is 36.9 Å². The minimum atomic E-state index is -0.467. The Bertz CT molecular complexity index is 531. The van der Waals surface area contributed by atoms with Crippen molar-refractivity contribution in [3.05, 3.63) is 0 Å². The van der Waals surface area contributed by atoms with Gasteiger partial charge in [-0.25, -0.2) is 19.8 Å². The molecule has 0 atom stereocenters. The molecular weight excluding hydrogens is 312 g/mol. The average Bonchev–Trinajstić information content (AvgIpc) is 3.20. The monoisotopic (exact) mass is 326 g/mol. The number of ether oxygens (including phenoxy) is 1. The molecule has 4 amide bonds. The number of carbonyl (C=O) groups excluding carboxylic acids is 2. The second-order valence-corrected chi connectivity index (χ2v) is 3.87. The zero-order valence-corrected chi connectivity index (χ0v) is 11.7. The van der Waals surface area contributed by atoms with Gasteiger partial charge in [-0.05, 0) is 20.9 Å². The molecule has 23 heavy (non-hydrogen) atoms. The first kappa shape index (κ1) is 16.0. The molecule has 0 saturated heterocycles. The maximum atomic E-state index is 11.4. The molecule has 0 radical (unpaired) electrons. The molecule has 2 rings (SSSR count). The van der Waals surface area contributed by atoms with E-state index < -0.39 is 12.1 Å². The van der Waals surface area contributed by atoms with Crippen molar-refractivity contribution in [3.8, 4) is 0 Å². The number of rotatable bonds is 8. The van der Waals surface area contributed by atoms with Gasteiger partial charge in [0.2, 0.25) is 11.9 Å². The van der Waals surface area contributed by atoms with Crippen LogP contribution in [0.4, 0.5) is 21.5 Å². The van der Waals surface area contributed by atoms with Crippen LogP contribution < -0.4 is 21.3 Å². The third-order valence-electron chi connectivity index (χ3n) is 2.22. The largest absolute Gasteiger partial charge is 0.378 e. The molecule has 0 aliphatic rings. The summed E-state index contributed by atoms with van der Waals surface area (Å²) in [6.07, 6.45) is 0. The van der Waals surface area contributed by atoms with Crippen molar-refractivity contribution in [2.24, 2.45) is 0 Å². The van der Waals surface area contributed by atoms with Crippen molar-refractivity contribution in [3.63, 3.8) is 0 Å². The lowest BCUT2D eigenvalue weighted by Crippen LogP contribution is -2.34. The van der Waals surface area contributed by atoms with Gasteiger partial charge in [-0.15, -0.1) is 0 Å². The van der Waals surface area contributed by atoms with Crippen LogP contribution in [0.15, 0.2) is 0 Å². The fourth-order valence-electron chi connectivity index (χ4n) is 1.30. The third kappa shape index (κ3) is 6.29. The van der Waals surface area contributed by atoms with E-state index in [0.717, 1.165) is 0 Å². The Morgan fingerprint density at radius 1 is 0.870 bits per heavy atom. The topological polar surface area (TPSA) is 200 Å². The van der Waals surface area contributed by atoms with Gasteiger partial charge in [0.15, 0.2) is 0 Å². The zero-order valence-electron chi connectivity index (χ0n) is 11.7. The molecule has 124 valence electrons. The summed E-state index contributed by atoms with van der Waals surface area (Å²) in [5.74, 6) is 0.279. The van der Waals surface area contributed by atoms with Crippen LogP contribution in [0.3, 0.4) is 0 Å². The number of urea groups is 2. The molecule has 6 N–H and O–H groups in total. The zero-order chi connectivity index (χ0) is 16.3. The normalized spacial score (nSPS) is 10.1. The highest BCUT2D eigenvalue weighted by Gasteiger charge is 2.04. The molecule has 15 heteroatoms. The summed E-state index contributed by atoms with van der Waals surface area (Å²) in [7, 11) is 0. The minimum absolute atomic E-state index is 0.139. The van der Waals surface area contributed by atoms with Crippen LogP contribution in [-0.2, 0) is 4.74 Å². The van der Waals surface area contributed by atoms with E-state index in [0.29, 0.717) is 0 Å². The number of H-pyrrole nitrogens is 2. The number of hydrogen-bond donors (Lipinski definition) is 6. The second kappa shape index (κ2) is 8.82. The highest BCUT2D eigenvalue weighted by molar-refractivity contribution is 5.87. The standard InChI is InChI=1S/C8H14N12O3/c21-7(11-5-13-17-18-14-5)9-1-3-23-4-2-10-8(22)12-6-15-19-20-16-6/h1-4H2,(H3,9,11,13,14,17,18,21)(H3,10,12,15,16,19,20,22). The smallest absolute Gasteiger partial charge is 0.321 e. The van der Waals surface area contributed by atoms with Gasteiger partial charge in [-0.2, -0.15) is 0 Å². The predicted molar refractivity (Wildman–Crippen MR) is 73.2 cm³/mol. The number of carbonyl (C=O) groups is 2. The minimum Gasteiger partial charge on any atom is -0.378 e. The molecule has 2 heterocycles. The molecule has 2 aromatic rings. The van der Waals surface area contributed by atoms with Crippen LogP contribution in [0.2, 0.25) is 0 Å². The molecule has 0 aromatic carbocycles. The van der Waals surface area contributed by atoms with Gasteiger partial charge in [-0.3, -0.25) is 10.6 Å². The van der Waals surface area contributed by atoms with Crippen LogP contribution in [-0.4, -0.2) is 79.6 Å². The molecule has 0 unspecified atom stereocenters. The first-order valence-electron chi connectivity index (χ1n) is 6.39. The fourth-order valence-corrected chi connectivity index (χ4v) is 1.30. The van der Waals surface area contributed by atoms with Crippen molar-refractivity contribution >= 4 is 24.0 Å². The first-order valence-corrected chi connectivity index (χ1v) is 6.39. The van der Waals surface area contributed by atoms with E-state index in [1.807, 2.05) is 0 Å². The SMILES string of the molecule is O=C(NCCOCCNC(=O)Nc1nnn[nH]1)Nc1nnn[nH]1. The summed E-state index contributed by atoms with van der Waals surface area (Å²) >= 11 is 0. The van der Waals surface area contributed by atoms with E-state index in [9.17, 15) is 9.59 Å². The van der Waals surface area contributed by atoms with Gasteiger partial charge in [0.1, 0.15) is 0 Å². The van der Waals surface area contributed by atoms with Gasteiger partial charge < -0.3 is 15.4 Å². The Morgan fingerprint density at radius 3 is 1.74 bits per heavy atom. The lowest BCUT2D eigenvalue weighted by molar-refractivity contribution is 0.140. The van der Waals surface area contributed by atoms with Crippen molar-refractivity contribution in [1.82, 2.24) is 51.9 Å². The highest BCUT2D eigenvalue weighted by Crippen LogP contribution is 1.89. The van der Waals surface area contributed by atoms with Crippen molar-refractivity contribution in [1.29, 1.82) is 0 Å². The first-order chi connectivity index (χ1) is 11.2. The van der Waals surface area contributed by atoms with Crippen LogP contribution >= 0.6 is 0 Å². The number of tetrazole rings is 2. The molecule has 15 nitrogen and oxygen atoms in total. The van der Waals surface area contributed by atoms with Crippen molar-refractivity contribution < 1.29 is 14.3 Å². The number of hydrogen-bond acceptors (Lipinski definition) is 9.